The summed E-state index contributed by atoms with van der Waals surface area (Å²) in [5, 5.41) is 3.54. The van der Waals surface area contributed by atoms with Gasteiger partial charge in [-0.2, -0.15) is 0 Å². The number of hydrogen-bond donors (Lipinski definition) is 1. The molecule has 2 unspecified atom stereocenters. The van der Waals surface area contributed by atoms with Gasteiger partial charge in [0.15, 0.2) is 0 Å². The molecule has 1 aromatic rings. The van der Waals surface area contributed by atoms with Gasteiger partial charge >= 0.3 is 0 Å². The molecule has 0 bridgehead atoms. The van der Waals surface area contributed by atoms with Gasteiger partial charge in [0.1, 0.15) is 0 Å². The molecule has 2 heteroatoms. The largest absolute Gasteiger partial charge is 0.312 e. The maximum Gasteiger partial charge on any atom is 0.0299 e. The van der Waals surface area contributed by atoms with Crippen molar-refractivity contribution in [3.63, 3.8) is 0 Å². The highest BCUT2D eigenvalue weighted by Crippen LogP contribution is 2.36. The van der Waals surface area contributed by atoms with Crippen LogP contribution in [0, 0.1) is 11.8 Å². The molecule has 0 saturated heterocycles. The van der Waals surface area contributed by atoms with Crippen LogP contribution in [0.1, 0.15) is 30.0 Å². The molecule has 78 valence electrons. The molecule has 1 heterocycles. The van der Waals surface area contributed by atoms with Gasteiger partial charge in [-0.15, -0.1) is 11.3 Å². The zero-order valence-corrected chi connectivity index (χ0v) is 9.86. The number of rotatable bonds is 5. The smallest absolute Gasteiger partial charge is 0.0299 e. The van der Waals surface area contributed by atoms with E-state index in [0.29, 0.717) is 0 Å². The van der Waals surface area contributed by atoms with E-state index in [4.69, 9.17) is 0 Å². The molecule has 14 heavy (non-hydrogen) atoms. The topological polar surface area (TPSA) is 12.0 Å². The van der Waals surface area contributed by atoms with Crippen LogP contribution in [0.2, 0.25) is 0 Å². The highest BCUT2D eigenvalue weighted by atomic mass is 32.1. The minimum atomic E-state index is 0.959. The van der Waals surface area contributed by atoms with E-state index in [1.54, 1.807) is 0 Å². The van der Waals surface area contributed by atoms with Crippen LogP contribution in [0.4, 0.5) is 0 Å². The zero-order valence-electron chi connectivity index (χ0n) is 9.05. The summed E-state index contributed by atoms with van der Waals surface area (Å²) in [6.07, 6.45) is 2.60. The molecular formula is C12H19NS. The van der Waals surface area contributed by atoms with Crippen LogP contribution in [0.3, 0.4) is 0 Å². The average Bonchev–Trinajstić information content (AvgIpc) is 2.71. The van der Waals surface area contributed by atoms with Crippen molar-refractivity contribution in [2.45, 2.75) is 33.2 Å². The van der Waals surface area contributed by atoms with Crippen molar-refractivity contribution in [3.05, 3.63) is 21.9 Å². The summed E-state index contributed by atoms with van der Waals surface area (Å²) in [7, 11) is 0. The lowest BCUT2D eigenvalue weighted by molar-refractivity contribution is 0.616. The molecule has 1 fully saturated rings. The Kier molecular flexibility index (Phi) is 3.24. The fraction of sp³-hybridized carbons (Fsp3) is 0.667. The molecule has 1 aromatic heterocycles. The molecule has 1 saturated carbocycles. The van der Waals surface area contributed by atoms with Crippen molar-refractivity contribution in [2.75, 3.05) is 6.54 Å². The van der Waals surface area contributed by atoms with Crippen molar-refractivity contribution in [3.8, 4) is 0 Å². The molecular weight excluding hydrogens is 190 g/mol. The molecule has 0 spiro atoms. The highest BCUT2D eigenvalue weighted by Gasteiger charge is 2.31. The monoisotopic (exact) mass is 209 g/mol. The SMILES string of the molecule is CCc1ccc(CNCC2CC2C)s1. The lowest BCUT2D eigenvalue weighted by atomic mass is 10.3. The maximum absolute atomic E-state index is 3.54. The lowest BCUT2D eigenvalue weighted by Crippen LogP contribution is -2.15. The van der Waals surface area contributed by atoms with Gasteiger partial charge in [0.2, 0.25) is 0 Å². The minimum Gasteiger partial charge on any atom is -0.312 e. The van der Waals surface area contributed by atoms with Crippen LogP contribution in [0.15, 0.2) is 12.1 Å². The van der Waals surface area contributed by atoms with Crippen molar-refractivity contribution >= 4 is 11.3 Å². The van der Waals surface area contributed by atoms with Crippen LogP contribution in [0.5, 0.6) is 0 Å². The first kappa shape index (κ1) is 10.2. The Balaban J connectivity index is 1.69. The van der Waals surface area contributed by atoms with E-state index in [9.17, 15) is 0 Å². The van der Waals surface area contributed by atoms with Gasteiger partial charge in [-0.05, 0) is 43.4 Å². The second kappa shape index (κ2) is 4.45. The van der Waals surface area contributed by atoms with Crippen molar-refractivity contribution in [1.82, 2.24) is 5.32 Å². The first-order valence-corrected chi connectivity index (χ1v) is 6.39. The minimum absolute atomic E-state index is 0.959. The van der Waals surface area contributed by atoms with Crippen molar-refractivity contribution in [1.29, 1.82) is 0 Å². The molecule has 0 amide bonds. The third kappa shape index (κ3) is 2.58. The van der Waals surface area contributed by atoms with Gasteiger partial charge in [-0.3, -0.25) is 0 Å². The van der Waals surface area contributed by atoms with Gasteiger partial charge in [0.05, 0.1) is 0 Å². The average molecular weight is 209 g/mol. The van der Waals surface area contributed by atoms with Crippen molar-refractivity contribution < 1.29 is 0 Å². The molecule has 1 N–H and O–H groups in total. The van der Waals surface area contributed by atoms with Crippen LogP contribution >= 0.6 is 11.3 Å². The standard InChI is InChI=1S/C12H19NS/c1-3-11-4-5-12(14-11)8-13-7-10-6-9(10)2/h4-5,9-10,13H,3,6-8H2,1-2H3. The van der Waals surface area contributed by atoms with E-state index < -0.39 is 0 Å². The van der Waals surface area contributed by atoms with Crippen LogP contribution in [-0.4, -0.2) is 6.54 Å². The van der Waals surface area contributed by atoms with Crippen LogP contribution < -0.4 is 5.32 Å². The van der Waals surface area contributed by atoms with Crippen LogP contribution in [-0.2, 0) is 13.0 Å². The summed E-state index contributed by atoms with van der Waals surface area (Å²) in [5.74, 6) is 1.93. The lowest BCUT2D eigenvalue weighted by Gasteiger charge is -2.00. The molecule has 1 aliphatic rings. The van der Waals surface area contributed by atoms with Gasteiger partial charge in [0.25, 0.3) is 0 Å². The van der Waals surface area contributed by atoms with E-state index in [1.165, 1.54) is 29.1 Å². The number of hydrogen-bond acceptors (Lipinski definition) is 2. The summed E-state index contributed by atoms with van der Waals surface area (Å²) in [6.45, 7) is 6.83. The number of nitrogens with one attached hydrogen (secondary N) is 1. The number of thiophene rings is 1. The molecule has 1 nitrogen and oxygen atoms in total. The second-order valence-corrected chi connectivity index (χ2v) is 5.58. The second-order valence-electron chi connectivity index (χ2n) is 4.33. The molecule has 0 aromatic carbocycles. The van der Waals surface area contributed by atoms with Crippen LogP contribution in [0.25, 0.3) is 0 Å². The van der Waals surface area contributed by atoms with Gasteiger partial charge in [-0.1, -0.05) is 13.8 Å². The molecule has 2 rings (SSSR count). The first-order chi connectivity index (χ1) is 6.79. The summed E-state index contributed by atoms with van der Waals surface area (Å²) >= 11 is 1.94. The molecule has 0 radical (unpaired) electrons. The Morgan fingerprint density at radius 2 is 2.14 bits per heavy atom. The Morgan fingerprint density at radius 3 is 2.71 bits per heavy atom. The Labute approximate surface area is 90.5 Å². The van der Waals surface area contributed by atoms with Crippen molar-refractivity contribution in [2.24, 2.45) is 11.8 Å². The van der Waals surface area contributed by atoms with Gasteiger partial charge < -0.3 is 5.32 Å². The number of aryl methyl sites for hydroxylation is 1. The third-order valence-corrected chi connectivity index (χ3v) is 4.28. The molecule has 2 atom stereocenters. The summed E-state index contributed by atoms with van der Waals surface area (Å²) < 4.78 is 0. The molecule has 1 aliphatic carbocycles. The summed E-state index contributed by atoms with van der Waals surface area (Å²) in [5.41, 5.74) is 0. The van der Waals surface area contributed by atoms with E-state index in [1.807, 2.05) is 11.3 Å². The van der Waals surface area contributed by atoms with E-state index in [2.05, 4.69) is 31.3 Å². The maximum atomic E-state index is 3.54. The third-order valence-electron chi connectivity index (χ3n) is 3.05. The quantitative estimate of drug-likeness (QED) is 0.786. The Morgan fingerprint density at radius 1 is 1.43 bits per heavy atom. The predicted molar refractivity (Wildman–Crippen MR) is 62.7 cm³/mol. The predicted octanol–water partition coefficient (Wildman–Crippen LogP) is 3.06. The van der Waals surface area contributed by atoms with E-state index >= 15 is 0 Å². The van der Waals surface area contributed by atoms with Gasteiger partial charge in [0, 0.05) is 16.3 Å². The molecule has 0 aliphatic heterocycles. The van der Waals surface area contributed by atoms with E-state index in [0.717, 1.165) is 18.4 Å². The fourth-order valence-corrected chi connectivity index (χ4v) is 2.70. The Bertz CT molecular complexity index is 292. The Hall–Kier alpha value is -0.340. The van der Waals surface area contributed by atoms with E-state index in [-0.39, 0.29) is 0 Å². The fourth-order valence-electron chi connectivity index (χ4n) is 1.77. The van der Waals surface area contributed by atoms with Gasteiger partial charge in [-0.25, -0.2) is 0 Å². The summed E-state index contributed by atoms with van der Waals surface area (Å²) in [6, 6.07) is 4.51. The highest BCUT2D eigenvalue weighted by molar-refractivity contribution is 7.11. The zero-order chi connectivity index (χ0) is 9.97. The first-order valence-electron chi connectivity index (χ1n) is 5.58. The summed E-state index contributed by atoms with van der Waals surface area (Å²) in [4.78, 5) is 2.98. The normalized spacial score (nSPS) is 25.3.